The van der Waals surface area contributed by atoms with Gasteiger partial charge in [-0.2, -0.15) is 4.39 Å². The highest BCUT2D eigenvalue weighted by Gasteiger charge is 2.11. The summed E-state index contributed by atoms with van der Waals surface area (Å²) in [5, 5.41) is 4.08. The number of hydrogen-bond donors (Lipinski definition) is 1. The fraction of sp³-hybridized carbons (Fsp3) is 0.100. The van der Waals surface area contributed by atoms with E-state index < -0.39 is 5.95 Å². The Balaban J connectivity index is 1.39. The van der Waals surface area contributed by atoms with Gasteiger partial charge < -0.3 is 15.0 Å². The molecule has 0 aliphatic carbocycles. The molecule has 0 unspecified atom stereocenters. The Morgan fingerprint density at radius 1 is 1.00 bits per heavy atom. The molecular weight excluding hydrogens is 361 g/mol. The highest BCUT2D eigenvalue weighted by molar-refractivity contribution is 5.69. The molecule has 0 atom stereocenters. The van der Waals surface area contributed by atoms with Crippen molar-refractivity contribution in [2.75, 3.05) is 5.73 Å². The first-order chi connectivity index (χ1) is 13.7. The number of pyridine rings is 3. The van der Waals surface area contributed by atoms with E-state index in [1.807, 2.05) is 18.2 Å². The van der Waals surface area contributed by atoms with Crippen LogP contribution in [-0.4, -0.2) is 20.1 Å². The Morgan fingerprint density at radius 3 is 2.71 bits per heavy atom. The van der Waals surface area contributed by atoms with Gasteiger partial charge in [0.15, 0.2) is 5.76 Å². The van der Waals surface area contributed by atoms with Crippen LogP contribution in [-0.2, 0) is 13.0 Å². The van der Waals surface area contributed by atoms with Crippen molar-refractivity contribution in [3.63, 3.8) is 0 Å². The number of nitrogen functional groups attached to an aromatic ring is 1. The molecule has 4 aromatic heterocycles. The van der Waals surface area contributed by atoms with Crippen molar-refractivity contribution in [1.82, 2.24) is 20.1 Å². The maximum atomic E-state index is 13.1. The molecule has 0 aliphatic rings. The van der Waals surface area contributed by atoms with Gasteiger partial charge in [0.2, 0.25) is 11.8 Å². The fourth-order valence-corrected chi connectivity index (χ4v) is 2.65. The Kier molecular flexibility index (Phi) is 4.92. The molecule has 0 amide bonds. The Labute approximate surface area is 160 Å². The summed E-state index contributed by atoms with van der Waals surface area (Å²) in [5.74, 6) is 0.870. The van der Waals surface area contributed by atoms with Crippen LogP contribution in [0.1, 0.15) is 16.8 Å². The second kappa shape index (κ2) is 7.83. The first-order valence-electron chi connectivity index (χ1n) is 8.52. The topological polar surface area (TPSA) is 100.0 Å². The highest BCUT2D eigenvalue weighted by Crippen LogP contribution is 2.25. The summed E-state index contributed by atoms with van der Waals surface area (Å²) in [5.41, 5.74) is 8.95. The minimum atomic E-state index is -0.538. The molecule has 0 aromatic carbocycles. The van der Waals surface area contributed by atoms with E-state index in [9.17, 15) is 4.39 Å². The molecular formula is C20H16FN5O2. The number of hydrogen-bond acceptors (Lipinski definition) is 7. The van der Waals surface area contributed by atoms with Crippen LogP contribution in [0.15, 0.2) is 65.6 Å². The van der Waals surface area contributed by atoms with E-state index in [1.165, 1.54) is 12.3 Å². The predicted octanol–water partition coefficient (Wildman–Crippen LogP) is 3.42. The van der Waals surface area contributed by atoms with Gasteiger partial charge in [-0.05, 0) is 35.4 Å². The average molecular weight is 377 g/mol. The Bertz CT molecular complexity index is 1080. The normalized spacial score (nSPS) is 10.8. The Hall–Kier alpha value is -3.81. The van der Waals surface area contributed by atoms with Crippen LogP contribution in [0.25, 0.3) is 11.3 Å². The molecule has 140 valence electrons. The van der Waals surface area contributed by atoms with Crippen molar-refractivity contribution >= 4 is 5.82 Å². The molecule has 0 saturated heterocycles. The zero-order valence-electron chi connectivity index (χ0n) is 14.7. The van der Waals surface area contributed by atoms with Gasteiger partial charge >= 0.3 is 0 Å². The first-order valence-corrected chi connectivity index (χ1v) is 8.52. The molecule has 2 N–H and O–H groups in total. The summed E-state index contributed by atoms with van der Waals surface area (Å²) in [6.45, 7) is 0.213. The van der Waals surface area contributed by atoms with E-state index in [4.69, 9.17) is 15.0 Å². The van der Waals surface area contributed by atoms with Crippen molar-refractivity contribution in [3.8, 4) is 17.2 Å². The van der Waals surface area contributed by atoms with Gasteiger partial charge in [-0.25, -0.2) is 15.0 Å². The van der Waals surface area contributed by atoms with Crippen LogP contribution in [0.4, 0.5) is 10.2 Å². The number of nitrogens with zero attached hydrogens (tertiary/aromatic N) is 4. The van der Waals surface area contributed by atoms with Crippen LogP contribution >= 0.6 is 0 Å². The molecule has 0 radical (unpaired) electrons. The van der Waals surface area contributed by atoms with E-state index in [0.29, 0.717) is 35.0 Å². The van der Waals surface area contributed by atoms with E-state index >= 15 is 0 Å². The zero-order valence-corrected chi connectivity index (χ0v) is 14.7. The third kappa shape index (κ3) is 4.12. The molecule has 0 saturated carbocycles. The SMILES string of the molecule is Nc1ncccc1-c1cc(Cc2ccc(OCc3ccnc(F)c3)nc2)no1. The number of anilines is 1. The lowest BCUT2D eigenvalue weighted by Gasteiger charge is -2.06. The average Bonchev–Trinajstić information content (AvgIpc) is 3.16. The second-order valence-corrected chi connectivity index (χ2v) is 6.08. The molecule has 0 fully saturated rings. The van der Waals surface area contributed by atoms with Gasteiger partial charge in [0.05, 0.1) is 11.3 Å². The van der Waals surface area contributed by atoms with Crippen LogP contribution in [0, 0.1) is 5.95 Å². The molecule has 0 aliphatic heterocycles. The minimum Gasteiger partial charge on any atom is -0.473 e. The lowest BCUT2D eigenvalue weighted by atomic mass is 10.1. The monoisotopic (exact) mass is 377 g/mol. The van der Waals surface area contributed by atoms with Crippen LogP contribution in [0.3, 0.4) is 0 Å². The third-order valence-electron chi connectivity index (χ3n) is 4.02. The Morgan fingerprint density at radius 2 is 1.93 bits per heavy atom. The van der Waals surface area contributed by atoms with Crippen molar-refractivity contribution < 1.29 is 13.7 Å². The summed E-state index contributed by atoms with van der Waals surface area (Å²) in [7, 11) is 0. The fourth-order valence-electron chi connectivity index (χ4n) is 2.65. The molecule has 0 spiro atoms. The van der Waals surface area contributed by atoms with E-state index in [-0.39, 0.29) is 6.61 Å². The summed E-state index contributed by atoms with van der Waals surface area (Å²) in [6, 6.07) is 12.1. The molecule has 7 nitrogen and oxygen atoms in total. The van der Waals surface area contributed by atoms with E-state index in [1.54, 1.807) is 30.6 Å². The van der Waals surface area contributed by atoms with E-state index in [2.05, 4.69) is 20.1 Å². The van der Waals surface area contributed by atoms with Gasteiger partial charge in [-0.3, -0.25) is 0 Å². The largest absolute Gasteiger partial charge is 0.473 e. The number of nitrogens with two attached hydrogens (primary N) is 1. The third-order valence-corrected chi connectivity index (χ3v) is 4.02. The van der Waals surface area contributed by atoms with Gasteiger partial charge in [-0.1, -0.05) is 11.2 Å². The van der Waals surface area contributed by atoms with E-state index in [0.717, 1.165) is 11.3 Å². The zero-order chi connectivity index (χ0) is 19.3. The van der Waals surface area contributed by atoms with Crippen molar-refractivity contribution in [1.29, 1.82) is 0 Å². The maximum absolute atomic E-state index is 13.1. The lowest BCUT2D eigenvalue weighted by molar-refractivity contribution is 0.293. The van der Waals surface area contributed by atoms with Crippen LogP contribution in [0.5, 0.6) is 5.88 Å². The van der Waals surface area contributed by atoms with Crippen molar-refractivity contribution in [2.24, 2.45) is 0 Å². The van der Waals surface area contributed by atoms with Gasteiger partial charge in [0, 0.05) is 37.1 Å². The van der Waals surface area contributed by atoms with Crippen molar-refractivity contribution in [2.45, 2.75) is 13.0 Å². The molecule has 4 rings (SSSR count). The number of rotatable bonds is 6. The smallest absolute Gasteiger partial charge is 0.213 e. The number of aromatic nitrogens is 4. The number of halogens is 1. The standard InChI is InChI=1S/C20H16FN5O2/c21-18-9-14(5-7-23-18)12-27-19-4-3-13(11-25-19)8-15-10-17(28-26-15)16-2-1-6-24-20(16)22/h1-7,9-11H,8,12H2,(H2,22,24). The maximum Gasteiger partial charge on any atom is 0.213 e. The van der Waals surface area contributed by atoms with Crippen LogP contribution < -0.4 is 10.5 Å². The summed E-state index contributed by atoms with van der Waals surface area (Å²) in [6.07, 6.45) is 5.27. The molecule has 8 heteroatoms. The lowest BCUT2D eigenvalue weighted by Crippen LogP contribution is -1.99. The molecule has 4 heterocycles. The predicted molar refractivity (Wildman–Crippen MR) is 99.7 cm³/mol. The minimum absolute atomic E-state index is 0.213. The summed E-state index contributed by atoms with van der Waals surface area (Å²) < 4.78 is 24.0. The molecule has 4 aromatic rings. The number of ether oxygens (including phenoxy) is 1. The van der Waals surface area contributed by atoms with Gasteiger partial charge in [-0.15, -0.1) is 0 Å². The summed E-state index contributed by atoms with van der Waals surface area (Å²) >= 11 is 0. The first kappa shape index (κ1) is 17.6. The quantitative estimate of drug-likeness (QED) is 0.514. The second-order valence-electron chi connectivity index (χ2n) is 6.08. The van der Waals surface area contributed by atoms with Gasteiger partial charge in [0.1, 0.15) is 12.4 Å². The van der Waals surface area contributed by atoms with Gasteiger partial charge in [0.25, 0.3) is 0 Å². The molecule has 28 heavy (non-hydrogen) atoms. The molecule has 0 bridgehead atoms. The van der Waals surface area contributed by atoms with Crippen molar-refractivity contribution in [3.05, 3.63) is 83.8 Å². The highest BCUT2D eigenvalue weighted by atomic mass is 19.1. The summed E-state index contributed by atoms with van der Waals surface area (Å²) in [4.78, 5) is 11.8. The van der Waals surface area contributed by atoms with Crippen LogP contribution in [0.2, 0.25) is 0 Å².